The van der Waals surface area contributed by atoms with Crippen LogP contribution in [0.1, 0.15) is 12.8 Å². The lowest BCUT2D eigenvalue weighted by Crippen LogP contribution is -2.41. The average molecular weight is 386 g/mol. The third-order valence-corrected chi connectivity index (χ3v) is 4.89. The van der Waals surface area contributed by atoms with Gasteiger partial charge in [0.15, 0.2) is 0 Å². The number of carbonyl (C=O) groups excluding carboxylic acids is 1. The predicted molar refractivity (Wildman–Crippen MR) is 102 cm³/mol. The molecule has 0 spiro atoms. The van der Waals surface area contributed by atoms with E-state index in [2.05, 4.69) is 20.3 Å². The van der Waals surface area contributed by atoms with Gasteiger partial charge in [0, 0.05) is 24.7 Å². The SMILES string of the molecule is O=C(Nc1ccc(Cl)cn1)C1CCCN(c2ncnc3c(F)cccc23)C1. The van der Waals surface area contributed by atoms with Crippen LogP contribution in [0.3, 0.4) is 0 Å². The molecule has 3 aromatic rings. The third kappa shape index (κ3) is 3.68. The molecule has 27 heavy (non-hydrogen) atoms. The van der Waals surface area contributed by atoms with Gasteiger partial charge in [-0.2, -0.15) is 0 Å². The molecule has 3 heterocycles. The fourth-order valence-corrected chi connectivity index (χ4v) is 3.46. The number of para-hydroxylation sites is 1. The number of amides is 1. The van der Waals surface area contributed by atoms with Gasteiger partial charge < -0.3 is 10.2 Å². The Balaban J connectivity index is 1.54. The van der Waals surface area contributed by atoms with Crippen LogP contribution in [0.5, 0.6) is 0 Å². The van der Waals surface area contributed by atoms with Gasteiger partial charge in [-0.25, -0.2) is 19.3 Å². The zero-order chi connectivity index (χ0) is 18.8. The van der Waals surface area contributed by atoms with Gasteiger partial charge in [0.25, 0.3) is 0 Å². The molecular formula is C19H17ClFN5O. The minimum atomic E-state index is -0.378. The molecule has 1 N–H and O–H groups in total. The van der Waals surface area contributed by atoms with Crippen LogP contribution in [0.2, 0.25) is 5.02 Å². The Morgan fingerprint density at radius 2 is 2.11 bits per heavy atom. The fraction of sp³-hybridized carbons (Fsp3) is 0.263. The van der Waals surface area contributed by atoms with Crippen LogP contribution >= 0.6 is 11.6 Å². The van der Waals surface area contributed by atoms with Crippen molar-refractivity contribution in [3.8, 4) is 0 Å². The summed E-state index contributed by atoms with van der Waals surface area (Å²) in [5.41, 5.74) is 0.291. The van der Waals surface area contributed by atoms with Gasteiger partial charge in [-0.05, 0) is 37.1 Å². The lowest BCUT2D eigenvalue weighted by Gasteiger charge is -2.33. The van der Waals surface area contributed by atoms with Crippen molar-refractivity contribution in [1.82, 2.24) is 15.0 Å². The lowest BCUT2D eigenvalue weighted by atomic mass is 9.97. The number of hydrogen-bond donors (Lipinski definition) is 1. The molecule has 1 aliphatic heterocycles. The van der Waals surface area contributed by atoms with E-state index in [1.807, 2.05) is 4.90 Å². The smallest absolute Gasteiger partial charge is 0.230 e. The molecule has 2 aromatic heterocycles. The molecule has 1 atom stereocenters. The van der Waals surface area contributed by atoms with Crippen molar-refractivity contribution < 1.29 is 9.18 Å². The molecule has 1 aromatic carbocycles. The minimum absolute atomic E-state index is 0.0981. The molecule has 0 radical (unpaired) electrons. The maximum atomic E-state index is 14.0. The first-order valence-electron chi connectivity index (χ1n) is 8.68. The molecule has 1 aliphatic rings. The maximum Gasteiger partial charge on any atom is 0.230 e. The molecule has 1 saturated heterocycles. The Bertz CT molecular complexity index is 982. The van der Waals surface area contributed by atoms with Gasteiger partial charge >= 0.3 is 0 Å². The van der Waals surface area contributed by atoms with Crippen LogP contribution in [0.15, 0.2) is 42.9 Å². The van der Waals surface area contributed by atoms with Crippen molar-refractivity contribution >= 4 is 40.0 Å². The second-order valence-electron chi connectivity index (χ2n) is 6.47. The quantitative estimate of drug-likeness (QED) is 0.744. The number of fused-ring (bicyclic) bond motifs is 1. The predicted octanol–water partition coefficient (Wildman–Crippen LogP) is 3.67. The number of halogens is 2. The van der Waals surface area contributed by atoms with E-state index in [1.165, 1.54) is 18.6 Å². The van der Waals surface area contributed by atoms with Gasteiger partial charge in [-0.1, -0.05) is 17.7 Å². The van der Waals surface area contributed by atoms with Gasteiger partial charge in [0.05, 0.1) is 10.9 Å². The summed E-state index contributed by atoms with van der Waals surface area (Å²) in [4.78, 5) is 27.2. The maximum absolute atomic E-state index is 14.0. The summed E-state index contributed by atoms with van der Waals surface area (Å²) < 4.78 is 14.0. The van der Waals surface area contributed by atoms with Crippen LogP contribution in [0.25, 0.3) is 10.9 Å². The van der Waals surface area contributed by atoms with Crippen molar-refractivity contribution in [1.29, 1.82) is 0 Å². The van der Waals surface area contributed by atoms with Crippen LogP contribution in [-0.2, 0) is 4.79 Å². The Morgan fingerprint density at radius 1 is 1.22 bits per heavy atom. The summed E-state index contributed by atoms with van der Waals surface area (Å²) in [6.07, 6.45) is 4.47. The van der Waals surface area contributed by atoms with E-state index < -0.39 is 0 Å². The molecule has 138 valence electrons. The molecule has 1 unspecified atom stereocenters. The van der Waals surface area contributed by atoms with E-state index in [-0.39, 0.29) is 17.6 Å². The lowest BCUT2D eigenvalue weighted by molar-refractivity contribution is -0.120. The van der Waals surface area contributed by atoms with E-state index >= 15 is 0 Å². The number of nitrogens with zero attached hydrogens (tertiary/aromatic N) is 4. The minimum Gasteiger partial charge on any atom is -0.355 e. The first-order chi connectivity index (χ1) is 13.1. The number of rotatable bonds is 3. The Hall–Kier alpha value is -2.80. The standard InChI is InChI=1S/C19H17ClFN5O/c20-13-6-7-16(22-9-13)25-19(27)12-3-2-8-26(10-12)18-14-4-1-5-15(21)17(14)23-11-24-18/h1,4-7,9,11-12H,2-3,8,10H2,(H,22,25,27). The highest BCUT2D eigenvalue weighted by molar-refractivity contribution is 6.30. The number of hydrogen-bond acceptors (Lipinski definition) is 5. The largest absolute Gasteiger partial charge is 0.355 e. The molecule has 0 bridgehead atoms. The number of carbonyl (C=O) groups is 1. The fourth-order valence-electron chi connectivity index (χ4n) is 3.35. The molecule has 0 aliphatic carbocycles. The summed E-state index contributed by atoms with van der Waals surface area (Å²) >= 11 is 5.82. The topological polar surface area (TPSA) is 71.0 Å². The van der Waals surface area contributed by atoms with E-state index in [0.717, 1.165) is 19.4 Å². The Morgan fingerprint density at radius 3 is 2.93 bits per heavy atom. The van der Waals surface area contributed by atoms with Crippen molar-refractivity contribution in [2.45, 2.75) is 12.8 Å². The highest BCUT2D eigenvalue weighted by atomic mass is 35.5. The second-order valence-corrected chi connectivity index (χ2v) is 6.91. The molecule has 4 rings (SSSR count). The monoisotopic (exact) mass is 385 g/mol. The van der Waals surface area contributed by atoms with E-state index in [1.54, 1.807) is 24.3 Å². The van der Waals surface area contributed by atoms with Crippen molar-refractivity contribution in [3.63, 3.8) is 0 Å². The molecule has 8 heteroatoms. The molecule has 6 nitrogen and oxygen atoms in total. The molecule has 1 amide bonds. The summed E-state index contributed by atoms with van der Waals surface area (Å²) in [6.45, 7) is 1.26. The number of benzene rings is 1. The molecular weight excluding hydrogens is 369 g/mol. The van der Waals surface area contributed by atoms with E-state index in [4.69, 9.17) is 11.6 Å². The van der Waals surface area contributed by atoms with E-state index in [9.17, 15) is 9.18 Å². The first kappa shape index (κ1) is 17.6. The summed E-state index contributed by atoms with van der Waals surface area (Å²) in [6, 6.07) is 8.17. The zero-order valence-corrected chi connectivity index (χ0v) is 15.2. The van der Waals surface area contributed by atoms with Crippen LogP contribution in [-0.4, -0.2) is 33.9 Å². The Labute approximate surface area is 160 Å². The number of nitrogens with one attached hydrogen (secondary N) is 1. The van der Waals surface area contributed by atoms with Crippen molar-refractivity contribution in [2.24, 2.45) is 5.92 Å². The second kappa shape index (κ2) is 7.44. The third-order valence-electron chi connectivity index (χ3n) is 4.66. The number of pyridine rings is 1. The molecule has 1 fully saturated rings. The van der Waals surface area contributed by atoms with Crippen LogP contribution in [0.4, 0.5) is 16.0 Å². The summed E-state index contributed by atoms with van der Waals surface area (Å²) in [5, 5.41) is 3.99. The normalized spacial score (nSPS) is 17.1. The van der Waals surface area contributed by atoms with Crippen LogP contribution in [0, 0.1) is 11.7 Å². The van der Waals surface area contributed by atoms with Crippen LogP contribution < -0.4 is 10.2 Å². The number of aromatic nitrogens is 3. The summed E-state index contributed by atoms with van der Waals surface area (Å²) in [7, 11) is 0. The summed E-state index contributed by atoms with van der Waals surface area (Å²) in [5.74, 6) is 0.433. The Kier molecular flexibility index (Phi) is 4.85. The van der Waals surface area contributed by atoms with Gasteiger partial charge in [0.1, 0.15) is 29.3 Å². The number of anilines is 2. The zero-order valence-electron chi connectivity index (χ0n) is 14.4. The van der Waals surface area contributed by atoms with Crippen molar-refractivity contribution in [2.75, 3.05) is 23.3 Å². The molecule has 0 saturated carbocycles. The van der Waals surface area contributed by atoms with Gasteiger partial charge in [0.2, 0.25) is 5.91 Å². The highest BCUT2D eigenvalue weighted by Crippen LogP contribution is 2.28. The average Bonchev–Trinajstić information content (AvgIpc) is 2.70. The van der Waals surface area contributed by atoms with E-state index in [0.29, 0.717) is 34.1 Å². The first-order valence-corrected chi connectivity index (χ1v) is 9.06. The van der Waals surface area contributed by atoms with Crippen molar-refractivity contribution in [3.05, 3.63) is 53.7 Å². The highest BCUT2D eigenvalue weighted by Gasteiger charge is 2.28. The number of piperidine rings is 1. The van der Waals surface area contributed by atoms with Gasteiger partial charge in [-0.3, -0.25) is 4.79 Å². The van der Waals surface area contributed by atoms with Gasteiger partial charge in [-0.15, -0.1) is 0 Å².